The maximum Gasteiger partial charge on any atom is 0.0817 e. The second-order valence-corrected chi connectivity index (χ2v) is 6.05. The molecule has 0 fully saturated rings. The van der Waals surface area contributed by atoms with Crippen molar-refractivity contribution in [3.05, 3.63) is 35.4 Å². The lowest BCUT2D eigenvalue weighted by Gasteiger charge is -2.12. The van der Waals surface area contributed by atoms with E-state index in [1.165, 1.54) is 11.1 Å². The van der Waals surface area contributed by atoms with Gasteiger partial charge in [-0.05, 0) is 30.9 Å². The van der Waals surface area contributed by atoms with E-state index in [9.17, 15) is 0 Å². The predicted molar refractivity (Wildman–Crippen MR) is 91.3 cm³/mol. The van der Waals surface area contributed by atoms with Crippen molar-refractivity contribution in [2.75, 3.05) is 13.2 Å². The second-order valence-electron chi connectivity index (χ2n) is 5.47. The molecule has 0 bridgehead atoms. The molecule has 1 aromatic rings. The van der Waals surface area contributed by atoms with Crippen LogP contribution in [0.15, 0.2) is 29.3 Å². The van der Waals surface area contributed by atoms with E-state index in [0.29, 0.717) is 19.1 Å². The zero-order valence-electron chi connectivity index (χ0n) is 12.9. The molecular formula is C17H25NOS. The molecule has 0 radical (unpaired) electrons. The van der Waals surface area contributed by atoms with Crippen LogP contribution in [0.1, 0.15) is 44.7 Å². The zero-order valence-corrected chi connectivity index (χ0v) is 13.7. The standard InChI is InChI=1S/C17H25NOS/c1-13(2)17-8-6-5-7-15(17)11-16(20)12-18-9-10-19-14(3)4/h5-9,13-14H,10-12H2,1-4H3. The Labute approximate surface area is 128 Å². The molecule has 0 saturated heterocycles. The van der Waals surface area contributed by atoms with Gasteiger partial charge < -0.3 is 4.74 Å². The van der Waals surface area contributed by atoms with Gasteiger partial charge in [0.2, 0.25) is 0 Å². The fourth-order valence-corrected chi connectivity index (χ4v) is 2.21. The van der Waals surface area contributed by atoms with Crippen molar-refractivity contribution in [3.63, 3.8) is 0 Å². The molecule has 0 amide bonds. The zero-order chi connectivity index (χ0) is 15.0. The van der Waals surface area contributed by atoms with Crippen LogP contribution in [0.3, 0.4) is 0 Å². The second kappa shape index (κ2) is 8.98. The van der Waals surface area contributed by atoms with Gasteiger partial charge in [0.1, 0.15) is 0 Å². The van der Waals surface area contributed by atoms with E-state index >= 15 is 0 Å². The minimum atomic E-state index is 0.242. The number of benzene rings is 1. The average Bonchev–Trinajstić information content (AvgIpc) is 2.38. The van der Waals surface area contributed by atoms with Gasteiger partial charge in [-0.1, -0.05) is 50.3 Å². The summed E-state index contributed by atoms with van der Waals surface area (Å²) in [6, 6.07) is 8.50. The normalized spacial score (nSPS) is 11.7. The summed E-state index contributed by atoms with van der Waals surface area (Å²) in [5.74, 6) is 0.525. The summed E-state index contributed by atoms with van der Waals surface area (Å²) in [5.41, 5.74) is 2.70. The van der Waals surface area contributed by atoms with Crippen molar-refractivity contribution >= 4 is 23.3 Å². The number of rotatable bonds is 8. The first-order valence-electron chi connectivity index (χ1n) is 7.20. The quantitative estimate of drug-likeness (QED) is 0.528. The molecule has 0 aliphatic rings. The fraction of sp³-hybridized carbons (Fsp3) is 0.529. The van der Waals surface area contributed by atoms with E-state index in [0.717, 1.165) is 11.3 Å². The number of nitrogens with zero attached hydrogens (tertiary/aromatic N) is 1. The van der Waals surface area contributed by atoms with Gasteiger partial charge in [-0.25, -0.2) is 0 Å². The Morgan fingerprint density at radius 2 is 1.95 bits per heavy atom. The lowest BCUT2D eigenvalue weighted by Crippen LogP contribution is -2.09. The Morgan fingerprint density at radius 1 is 1.25 bits per heavy atom. The minimum Gasteiger partial charge on any atom is -0.373 e. The molecule has 0 atom stereocenters. The highest BCUT2D eigenvalue weighted by atomic mass is 32.1. The number of aliphatic imine (C=N–C) groups is 1. The SMILES string of the molecule is CC(C)OCC=NCC(=S)Cc1ccccc1C(C)C. The van der Waals surface area contributed by atoms with Gasteiger partial charge in [0.25, 0.3) is 0 Å². The smallest absolute Gasteiger partial charge is 0.0817 e. The first-order chi connectivity index (χ1) is 9.50. The third kappa shape index (κ3) is 6.40. The molecule has 0 heterocycles. The highest BCUT2D eigenvalue weighted by molar-refractivity contribution is 7.80. The highest BCUT2D eigenvalue weighted by Crippen LogP contribution is 2.19. The molecule has 2 nitrogen and oxygen atoms in total. The maximum atomic E-state index is 5.43. The molecule has 1 rings (SSSR count). The van der Waals surface area contributed by atoms with Crippen LogP contribution in [0.5, 0.6) is 0 Å². The molecule has 0 spiro atoms. The van der Waals surface area contributed by atoms with Crippen LogP contribution in [0.2, 0.25) is 0 Å². The van der Waals surface area contributed by atoms with Gasteiger partial charge in [0.15, 0.2) is 0 Å². The van der Waals surface area contributed by atoms with Gasteiger partial charge in [-0.3, -0.25) is 4.99 Å². The molecule has 0 aliphatic heterocycles. The van der Waals surface area contributed by atoms with E-state index in [4.69, 9.17) is 17.0 Å². The Kier molecular flexibility index (Phi) is 7.63. The Hall–Kier alpha value is -1.06. The van der Waals surface area contributed by atoms with Gasteiger partial charge in [-0.15, -0.1) is 0 Å². The summed E-state index contributed by atoms with van der Waals surface area (Å²) < 4.78 is 5.40. The minimum absolute atomic E-state index is 0.242. The summed E-state index contributed by atoms with van der Waals surface area (Å²) >= 11 is 5.43. The van der Waals surface area contributed by atoms with Crippen molar-refractivity contribution < 1.29 is 4.74 Å². The highest BCUT2D eigenvalue weighted by Gasteiger charge is 2.07. The van der Waals surface area contributed by atoms with Crippen molar-refractivity contribution in [3.8, 4) is 0 Å². The van der Waals surface area contributed by atoms with E-state index in [1.807, 2.05) is 13.8 Å². The maximum absolute atomic E-state index is 5.43. The molecule has 3 heteroatoms. The van der Waals surface area contributed by atoms with Crippen LogP contribution in [-0.4, -0.2) is 30.3 Å². The fourth-order valence-electron chi connectivity index (χ4n) is 1.98. The average molecular weight is 291 g/mol. The summed E-state index contributed by atoms with van der Waals surface area (Å²) in [6.07, 6.45) is 2.87. The molecule has 0 unspecified atom stereocenters. The Balaban J connectivity index is 2.47. The summed E-state index contributed by atoms with van der Waals surface area (Å²) in [7, 11) is 0. The molecular weight excluding hydrogens is 266 g/mol. The predicted octanol–water partition coefficient (Wildman–Crippen LogP) is 4.22. The molecule has 1 aromatic carbocycles. The summed E-state index contributed by atoms with van der Waals surface area (Å²) in [4.78, 5) is 5.29. The molecule has 0 saturated carbocycles. The van der Waals surface area contributed by atoms with Crippen molar-refractivity contribution in [2.24, 2.45) is 4.99 Å². The van der Waals surface area contributed by atoms with Crippen LogP contribution in [-0.2, 0) is 11.2 Å². The van der Waals surface area contributed by atoms with Crippen LogP contribution in [0.25, 0.3) is 0 Å². The third-order valence-corrected chi connectivity index (χ3v) is 3.24. The summed E-state index contributed by atoms with van der Waals surface area (Å²) in [5, 5.41) is 0. The van der Waals surface area contributed by atoms with Crippen LogP contribution >= 0.6 is 12.2 Å². The molecule has 110 valence electrons. The lowest BCUT2D eigenvalue weighted by molar-refractivity contribution is 0.113. The van der Waals surface area contributed by atoms with Gasteiger partial charge in [0, 0.05) is 17.5 Å². The van der Waals surface area contributed by atoms with Gasteiger partial charge in [-0.2, -0.15) is 0 Å². The Morgan fingerprint density at radius 3 is 2.60 bits per heavy atom. The largest absolute Gasteiger partial charge is 0.373 e. The topological polar surface area (TPSA) is 21.6 Å². The van der Waals surface area contributed by atoms with Crippen LogP contribution in [0, 0.1) is 0 Å². The first kappa shape index (κ1) is 17.0. The van der Waals surface area contributed by atoms with E-state index in [2.05, 4.69) is 43.1 Å². The number of hydrogen-bond donors (Lipinski definition) is 0. The van der Waals surface area contributed by atoms with Crippen LogP contribution < -0.4 is 0 Å². The van der Waals surface area contributed by atoms with E-state index in [1.54, 1.807) is 6.21 Å². The monoisotopic (exact) mass is 291 g/mol. The Bertz CT molecular complexity index is 452. The van der Waals surface area contributed by atoms with E-state index < -0.39 is 0 Å². The number of hydrogen-bond acceptors (Lipinski definition) is 3. The third-order valence-electron chi connectivity index (χ3n) is 2.97. The molecule has 20 heavy (non-hydrogen) atoms. The van der Waals surface area contributed by atoms with E-state index in [-0.39, 0.29) is 6.10 Å². The summed E-state index contributed by atoms with van der Waals surface area (Å²) in [6.45, 7) is 9.61. The van der Waals surface area contributed by atoms with Gasteiger partial charge >= 0.3 is 0 Å². The molecule has 0 aromatic heterocycles. The molecule has 0 aliphatic carbocycles. The number of ether oxygens (including phenoxy) is 1. The van der Waals surface area contributed by atoms with Crippen LogP contribution in [0.4, 0.5) is 0 Å². The lowest BCUT2D eigenvalue weighted by atomic mass is 9.94. The molecule has 0 N–H and O–H groups in total. The number of thiocarbonyl (C=S) groups is 1. The van der Waals surface area contributed by atoms with Crippen molar-refractivity contribution in [1.29, 1.82) is 0 Å². The van der Waals surface area contributed by atoms with Crippen molar-refractivity contribution in [1.82, 2.24) is 0 Å². The first-order valence-corrected chi connectivity index (χ1v) is 7.61. The van der Waals surface area contributed by atoms with Crippen molar-refractivity contribution in [2.45, 2.75) is 46.1 Å². The van der Waals surface area contributed by atoms with Gasteiger partial charge in [0.05, 0.1) is 19.3 Å².